The Kier molecular flexibility index (Phi) is 4.96. The molecule has 8 nitrogen and oxygen atoms in total. The Hall–Kier alpha value is -3.72. The van der Waals surface area contributed by atoms with Crippen LogP contribution >= 0.6 is 0 Å². The Morgan fingerprint density at radius 2 is 2.03 bits per heavy atom. The summed E-state index contributed by atoms with van der Waals surface area (Å²) in [4.78, 5) is 25.3. The molecule has 2 aromatic carbocycles. The summed E-state index contributed by atoms with van der Waals surface area (Å²) in [6.45, 7) is 0.0363. The number of nitrogens with zero attached hydrogens (tertiary/aromatic N) is 1. The SMILES string of the molecule is COCC1=C(C(=O)Nc2ccc3[nH]ncc3c2)C(c2ccc(F)cc2)NC(=O)N1. The number of carbonyl (C=O) groups is 2. The second-order valence-electron chi connectivity index (χ2n) is 6.53. The summed E-state index contributed by atoms with van der Waals surface area (Å²) in [5.41, 5.74) is 2.61. The van der Waals surface area contributed by atoms with E-state index in [0.29, 0.717) is 16.9 Å². The van der Waals surface area contributed by atoms with Crippen LogP contribution in [0.15, 0.2) is 59.9 Å². The van der Waals surface area contributed by atoms with E-state index in [2.05, 4.69) is 26.1 Å². The van der Waals surface area contributed by atoms with Crippen LogP contribution in [0.4, 0.5) is 14.9 Å². The molecule has 1 aliphatic heterocycles. The standard InChI is InChI=1S/C20H18FN5O3/c1-29-10-16-17(18(25-20(28)24-16)11-2-4-13(21)5-3-11)19(27)23-14-6-7-15-12(8-14)9-22-26-15/h2-9,18H,10H2,1H3,(H,22,26)(H,23,27)(H2,24,25,28). The molecule has 0 radical (unpaired) electrons. The Labute approximate surface area is 165 Å². The molecule has 2 heterocycles. The van der Waals surface area contributed by atoms with Gasteiger partial charge in [0.2, 0.25) is 0 Å². The van der Waals surface area contributed by atoms with Gasteiger partial charge in [0.05, 0.1) is 35.6 Å². The summed E-state index contributed by atoms with van der Waals surface area (Å²) in [5.74, 6) is -0.823. The van der Waals surface area contributed by atoms with Crippen LogP contribution in [0, 0.1) is 5.82 Å². The predicted octanol–water partition coefficient (Wildman–Crippen LogP) is 2.60. The van der Waals surface area contributed by atoms with Crippen molar-refractivity contribution in [2.45, 2.75) is 6.04 Å². The summed E-state index contributed by atoms with van der Waals surface area (Å²) in [5, 5.41) is 15.9. The van der Waals surface area contributed by atoms with Gasteiger partial charge in [-0.3, -0.25) is 9.89 Å². The van der Waals surface area contributed by atoms with Crippen LogP contribution < -0.4 is 16.0 Å². The molecule has 1 atom stereocenters. The number of halogens is 1. The monoisotopic (exact) mass is 395 g/mol. The predicted molar refractivity (Wildman–Crippen MR) is 104 cm³/mol. The van der Waals surface area contributed by atoms with E-state index < -0.39 is 23.8 Å². The van der Waals surface area contributed by atoms with E-state index in [-0.39, 0.29) is 12.2 Å². The average molecular weight is 395 g/mol. The number of methoxy groups -OCH3 is 1. The topological polar surface area (TPSA) is 108 Å². The number of amides is 3. The third kappa shape index (κ3) is 3.81. The van der Waals surface area contributed by atoms with Crippen LogP contribution in [0.1, 0.15) is 11.6 Å². The molecule has 0 saturated heterocycles. The number of hydrogen-bond donors (Lipinski definition) is 4. The molecular formula is C20H18FN5O3. The fraction of sp³-hybridized carbons (Fsp3) is 0.150. The second kappa shape index (κ2) is 7.72. The molecule has 0 saturated carbocycles. The number of rotatable bonds is 5. The molecule has 4 rings (SSSR count). The van der Waals surface area contributed by atoms with Crippen molar-refractivity contribution in [3.63, 3.8) is 0 Å². The van der Waals surface area contributed by atoms with Gasteiger partial charge in [0, 0.05) is 18.2 Å². The highest BCUT2D eigenvalue weighted by atomic mass is 19.1. The lowest BCUT2D eigenvalue weighted by Gasteiger charge is -2.29. The second-order valence-corrected chi connectivity index (χ2v) is 6.53. The zero-order chi connectivity index (χ0) is 20.4. The lowest BCUT2D eigenvalue weighted by atomic mass is 9.94. The molecule has 148 valence electrons. The molecule has 1 aliphatic rings. The smallest absolute Gasteiger partial charge is 0.319 e. The molecule has 9 heteroatoms. The lowest BCUT2D eigenvalue weighted by Crippen LogP contribution is -2.47. The summed E-state index contributed by atoms with van der Waals surface area (Å²) in [6, 6.07) is 9.73. The third-order valence-electron chi connectivity index (χ3n) is 4.59. The van der Waals surface area contributed by atoms with Gasteiger partial charge in [-0.15, -0.1) is 0 Å². The van der Waals surface area contributed by atoms with Gasteiger partial charge in [-0.25, -0.2) is 9.18 Å². The van der Waals surface area contributed by atoms with Crippen molar-refractivity contribution < 1.29 is 18.7 Å². The first kappa shape index (κ1) is 18.6. The molecule has 3 amide bonds. The maximum atomic E-state index is 13.4. The first-order valence-electron chi connectivity index (χ1n) is 8.84. The number of urea groups is 1. The number of anilines is 1. The first-order chi connectivity index (χ1) is 14.0. The van der Waals surface area contributed by atoms with Crippen LogP contribution in [0.25, 0.3) is 10.9 Å². The minimum Gasteiger partial charge on any atom is -0.378 e. The Morgan fingerprint density at radius 3 is 2.79 bits per heavy atom. The van der Waals surface area contributed by atoms with E-state index in [1.54, 1.807) is 24.4 Å². The number of hydrogen-bond acceptors (Lipinski definition) is 4. The van der Waals surface area contributed by atoms with Crippen LogP contribution in [0.2, 0.25) is 0 Å². The molecular weight excluding hydrogens is 377 g/mol. The number of carbonyl (C=O) groups excluding carboxylic acids is 2. The lowest BCUT2D eigenvalue weighted by molar-refractivity contribution is -0.113. The number of benzene rings is 2. The number of aromatic amines is 1. The maximum Gasteiger partial charge on any atom is 0.319 e. The fourth-order valence-corrected chi connectivity index (χ4v) is 3.27. The number of ether oxygens (including phenoxy) is 1. The highest BCUT2D eigenvalue weighted by molar-refractivity contribution is 6.07. The average Bonchev–Trinajstić information content (AvgIpc) is 3.16. The van der Waals surface area contributed by atoms with E-state index in [9.17, 15) is 14.0 Å². The van der Waals surface area contributed by atoms with Crippen LogP contribution in [-0.4, -0.2) is 35.9 Å². The Morgan fingerprint density at radius 1 is 1.24 bits per heavy atom. The van der Waals surface area contributed by atoms with Crippen molar-refractivity contribution in [1.29, 1.82) is 0 Å². The van der Waals surface area contributed by atoms with Gasteiger partial charge in [0.1, 0.15) is 5.82 Å². The van der Waals surface area contributed by atoms with Crippen LogP contribution in [0.3, 0.4) is 0 Å². The molecule has 0 aliphatic carbocycles. The number of nitrogens with one attached hydrogen (secondary N) is 4. The van der Waals surface area contributed by atoms with E-state index in [1.807, 2.05) is 0 Å². The number of aromatic nitrogens is 2. The zero-order valence-electron chi connectivity index (χ0n) is 15.5. The van der Waals surface area contributed by atoms with E-state index >= 15 is 0 Å². The van der Waals surface area contributed by atoms with Crippen LogP contribution in [-0.2, 0) is 9.53 Å². The van der Waals surface area contributed by atoms with Gasteiger partial charge < -0.3 is 20.7 Å². The highest BCUT2D eigenvalue weighted by Gasteiger charge is 2.32. The minimum atomic E-state index is -0.757. The van der Waals surface area contributed by atoms with Gasteiger partial charge in [-0.1, -0.05) is 12.1 Å². The van der Waals surface area contributed by atoms with Crippen molar-refractivity contribution in [1.82, 2.24) is 20.8 Å². The largest absolute Gasteiger partial charge is 0.378 e. The Balaban J connectivity index is 1.71. The first-order valence-corrected chi connectivity index (χ1v) is 8.84. The number of fused-ring (bicyclic) bond motifs is 1. The van der Waals surface area contributed by atoms with Crippen molar-refractivity contribution in [3.05, 3.63) is 71.3 Å². The molecule has 1 unspecified atom stereocenters. The summed E-state index contributed by atoms with van der Waals surface area (Å²) in [7, 11) is 1.47. The third-order valence-corrected chi connectivity index (χ3v) is 4.59. The summed E-state index contributed by atoms with van der Waals surface area (Å²) < 4.78 is 18.5. The van der Waals surface area contributed by atoms with E-state index in [1.165, 1.54) is 31.4 Å². The molecule has 1 aromatic heterocycles. The molecule has 0 bridgehead atoms. The summed E-state index contributed by atoms with van der Waals surface area (Å²) in [6.07, 6.45) is 1.66. The Bertz CT molecular complexity index is 1110. The van der Waals surface area contributed by atoms with Crippen molar-refractivity contribution in [2.75, 3.05) is 19.0 Å². The molecule has 4 N–H and O–H groups in total. The van der Waals surface area contributed by atoms with Crippen molar-refractivity contribution in [2.24, 2.45) is 0 Å². The van der Waals surface area contributed by atoms with E-state index in [4.69, 9.17) is 4.74 Å². The molecule has 0 spiro atoms. The van der Waals surface area contributed by atoms with Gasteiger partial charge in [-0.2, -0.15) is 5.10 Å². The van der Waals surface area contributed by atoms with Gasteiger partial charge >= 0.3 is 6.03 Å². The van der Waals surface area contributed by atoms with Crippen molar-refractivity contribution in [3.8, 4) is 0 Å². The molecule has 29 heavy (non-hydrogen) atoms. The maximum absolute atomic E-state index is 13.4. The number of H-pyrrole nitrogens is 1. The van der Waals surface area contributed by atoms with Gasteiger partial charge in [0.25, 0.3) is 5.91 Å². The van der Waals surface area contributed by atoms with Crippen LogP contribution in [0.5, 0.6) is 0 Å². The highest BCUT2D eigenvalue weighted by Crippen LogP contribution is 2.28. The molecule has 3 aromatic rings. The van der Waals surface area contributed by atoms with E-state index in [0.717, 1.165) is 10.9 Å². The quantitative estimate of drug-likeness (QED) is 0.532. The fourth-order valence-electron chi connectivity index (χ4n) is 3.27. The normalized spacial score (nSPS) is 16.5. The minimum absolute atomic E-state index is 0.0363. The van der Waals surface area contributed by atoms with Gasteiger partial charge in [0.15, 0.2) is 0 Å². The zero-order valence-corrected chi connectivity index (χ0v) is 15.5. The summed E-state index contributed by atoms with van der Waals surface area (Å²) >= 11 is 0. The van der Waals surface area contributed by atoms with Gasteiger partial charge in [-0.05, 0) is 35.9 Å². The van der Waals surface area contributed by atoms with Crippen molar-refractivity contribution >= 4 is 28.5 Å². The molecule has 0 fully saturated rings.